The molecule has 0 saturated carbocycles. The first-order valence-electron chi connectivity index (χ1n) is 4.28. The topological polar surface area (TPSA) is 85.3 Å². The molecule has 6 heteroatoms. The molecular formula is C8H14N2O3S. The van der Waals surface area contributed by atoms with E-state index < -0.39 is 10.0 Å². The van der Waals surface area contributed by atoms with E-state index in [1.807, 2.05) is 6.92 Å². The Bertz CT molecular complexity index is 408. The van der Waals surface area contributed by atoms with Gasteiger partial charge in [0.05, 0.1) is 6.54 Å². The molecule has 14 heavy (non-hydrogen) atoms. The van der Waals surface area contributed by atoms with Crippen LogP contribution in [0.4, 0.5) is 0 Å². The first-order chi connectivity index (χ1) is 6.45. The molecule has 0 atom stereocenters. The average molecular weight is 218 g/mol. The van der Waals surface area contributed by atoms with Gasteiger partial charge in [-0.15, -0.1) is 0 Å². The third-order valence-corrected chi connectivity index (χ3v) is 2.80. The van der Waals surface area contributed by atoms with Gasteiger partial charge in [-0.2, -0.15) is 0 Å². The summed E-state index contributed by atoms with van der Waals surface area (Å²) in [6.45, 7) is 4.84. The van der Waals surface area contributed by atoms with Crippen LogP contribution in [0, 0.1) is 6.92 Å². The molecule has 1 aromatic heterocycles. The zero-order valence-corrected chi connectivity index (χ0v) is 9.02. The number of nitrogens with two attached hydrogens (primary N) is 1. The van der Waals surface area contributed by atoms with Gasteiger partial charge in [0.15, 0.2) is 0 Å². The Labute approximate surface area is 83.3 Å². The Morgan fingerprint density at radius 1 is 1.57 bits per heavy atom. The molecule has 1 aromatic rings. The predicted octanol–water partition coefficient (Wildman–Crippen LogP) is 0.345. The SMILES string of the molecule is CCNCc1cc(S(N)(=O)=O)c(C)o1. The van der Waals surface area contributed by atoms with Gasteiger partial charge in [0, 0.05) is 6.07 Å². The summed E-state index contributed by atoms with van der Waals surface area (Å²) < 4.78 is 27.3. The summed E-state index contributed by atoms with van der Waals surface area (Å²) >= 11 is 0. The lowest BCUT2D eigenvalue weighted by Crippen LogP contribution is -2.12. The van der Waals surface area contributed by atoms with Crippen molar-refractivity contribution in [3.05, 3.63) is 17.6 Å². The minimum absolute atomic E-state index is 0.0606. The van der Waals surface area contributed by atoms with Crippen LogP contribution in [0.3, 0.4) is 0 Å². The fourth-order valence-corrected chi connectivity index (χ4v) is 1.88. The highest BCUT2D eigenvalue weighted by molar-refractivity contribution is 7.89. The highest BCUT2D eigenvalue weighted by Crippen LogP contribution is 2.18. The average Bonchev–Trinajstić information content (AvgIpc) is 2.42. The number of furan rings is 1. The first-order valence-corrected chi connectivity index (χ1v) is 5.82. The maximum Gasteiger partial charge on any atom is 0.241 e. The smallest absolute Gasteiger partial charge is 0.241 e. The number of sulfonamides is 1. The van der Waals surface area contributed by atoms with Gasteiger partial charge < -0.3 is 9.73 Å². The van der Waals surface area contributed by atoms with Gasteiger partial charge in [0.1, 0.15) is 16.4 Å². The summed E-state index contributed by atoms with van der Waals surface area (Å²) in [4.78, 5) is 0.0606. The van der Waals surface area contributed by atoms with E-state index >= 15 is 0 Å². The number of rotatable bonds is 4. The van der Waals surface area contributed by atoms with Crippen molar-refractivity contribution in [2.75, 3.05) is 6.54 Å². The molecule has 0 fully saturated rings. The van der Waals surface area contributed by atoms with Gasteiger partial charge >= 0.3 is 0 Å². The van der Waals surface area contributed by atoms with Gasteiger partial charge in [0.25, 0.3) is 0 Å². The van der Waals surface area contributed by atoms with E-state index in [9.17, 15) is 8.42 Å². The third kappa shape index (κ3) is 2.57. The van der Waals surface area contributed by atoms with E-state index in [1.165, 1.54) is 6.07 Å². The zero-order chi connectivity index (χ0) is 10.8. The van der Waals surface area contributed by atoms with Crippen LogP contribution in [0.2, 0.25) is 0 Å². The van der Waals surface area contributed by atoms with E-state index in [-0.39, 0.29) is 4.90 Å². The van der Waals surface area contributed by atoms with Gasteiger partial charge in [0.2, 0.25) is 10.0 Å². The zero-order valence-electron chi connectivity index (χ0n) is 8.20. The molecule has 0 spiro atoms. The number of primary sulfonamides is 1. The van der Waals surface area contributed by atoms with Crippen molar-refractivity contribution in [3.63, 3.8) is 0 Å². The molecule has 0 aliphatic heterocycles. The predicted molar refractivity (Wildman–Crippen MR) is 52.2 cm³/mol. The largest absolute Gasteiger partial charge is 0.464 e. The van der Waals surface area contributed by atoms with Crippen molar-refractivity contribution in [2.45, 2.75) is 25.3 Å². The quantitative estimate of drug-likeness (QED) is 0.763. The normalized spacial score (nSPS) is 11.9. The van der Waals surface area contributed by atoms with Crippen LogP contribution in [-0.4, -0.2) is 15.0 Å². The molecule has 0 aromatic carbocycles. The fraction of sp³-hybridized carbons (Fsp3) is 0.500. The molecule has 1 rings (SSSR count). The summed E-state index contributed by atoms with van der Waals surface area (Å²) in [5, 5.41) is 8.02. The lowest BCUT2D eigenvalue weighted by Gasteiger charge is -1.94. The molecular weight excluding hydrogens is 204 g/mol. The Morgan fingerprint density at radius 2 is 2.21 bits per heavy atom. The maximum absolute atomic E-state index is 11.0. The van der Waals surface area contributed by atoms with Gasteiger partial charge in [-0.3, -0.25) is 0 Å². The molecule has 80 valence electrons. The van der Waals surface area contributed by atoms with Crippen molar-refractivity contribution in [1.82, 2.24) is 5.32 Å². The molecule has 0 unspecified atom stereocenters. The second-order valence-corrected chi connectivity index (χ2v) is 4.49. The Hall–Kier alpha value is -0.850. The summed E-state index contributed by atoms with van der Waals surface area (Å²) in [7, 11) is -3.66. The molecule has 1 heterocycles. The monoisotopic (exact) mass is 218 g/mol. The molecule has 0 saturated heterocycles. The van der Waals surface area contributed by atoms with Crippen molar-refractivity contribution in [3.8, 4) is 0 Å². The highest BCUT2D eigenvalue weighted by atomic mass is 32.2. The van der Waals surface area contributed by atoms with Crippen molar-refractivity contribution < 1.29 is 12.8 Å². The van der Waals surface area contributed by atoms with Crippen LogP contribution in [0.25, 0.3) is 0 Å². The van der Waals surface area contributed by atoms with Crippen LogP contribution in [0.1, 0.15) is 18.4 Å². The van der Waals surface area contributed by atoms with Crippen LogP contribution in [0.15, 0.2) is 15.4 Å². The van der Waals surface area contributed by atoms with Crippen LogP contribution >= 0.6 is 0 Å². The minimum atomic E-state index is -3.66. The summed E-state index contributed by atoms with van der Waals surface area (Å²) in [5.74, 6) is 0.911. The van der Waals surface area contributed by atoms with E-state index in [0.717, 1.165) is 6.54 Å². The number of aryl methyl sites for hydroxylation is 1. The third-order valence-electron chi connectivity index (χ3n) is 1.78. The lowest BCUT2D eigenvalue weighted by molar-refractivity contribution is 0.460. The van der Waals surface area contributed by atoms with E-state index in [1.54, 1.807) is 6.92 Å². The molecule has 3 N–H and O–H groups in total. The molecule has 0 amide bonds. The Kier molecular flexibility index (Phi) is 3.30. The summed E-state index contributed by atoms with van der Waals surface area (Å²) in [5.41, 5.74) is 0. The second-order valence-electron chi connectivity index (χ2n) is 2.96. The summed E-state index contributed by atoms with van der Waals surface area (Å²) in [6, 6.07) is 1.45. The Morgan fingerprint density at radius 3 is 2.64 bits per heavy atom. The van der Waals surface area contributed by atoms with Crippen molar-refractivity contribution in [1.29, 1.82) is 0 Å². The van der Waals surface area contributed by atoms with Gasteiger partial charge in [-0.25, -0.2) is 13.6 Å². The standard InChI is InChI=1S/C8H14N2O3S/c1-3-10-5-7-4-8(6(2)13-7)14(9,11)12/h4,10H,3,5H2,1-2H3,(H2,9,11,12). The molecule has 5 nitrogen and oxygen atoms in total. The van der Waals surface area contributed by atoms with Crippen LogP contribution in [0.5, 0.6) is 0 Å². The summed E-state index contributed by atoms with van der Waals surface area (Å²) in [6.07, 6.45) is 0. The molecule has 0 aliphatic carbocycles. The second kappa shape index (κ2) is 4.12. The van der Waals surface area contributed by atoms with Crippen molar-refractivity contribution in [2.24, 2.45) is 5.14 Å². The number of nitrogens with one attached hydrogen (secondary N) is 1. The first kappa shape index (κ1) is 11.2. The number of hydrogen-bond acceptors (Lipinski definition) is 4. The van der Waals surface area contributed by atoms with E-state index in [4.69, 9.17) is 9.56 Å². The molecule has 0 radical (unpaired) electrons. The van der Waals surface area contributed by atoms with Crippen LogP contribution in [-0.2, 0) is 16.6 Å². The van der Waals surface area contributed by atoms with Crippen LogP contribution < -0.4 is 10.5 Å². The Balaban J connectivity index is 2.94. The molecule has 0 aliphatic rings. The number of hydrogen-bond donors (Lipinski definition) is 2. The maximum atomic E-state index is 11.0. The highest BCUT2D eigenvalue weighted by Gasteiger charge is 2.16. The van der Waals surface area contributed by atoms with Gasteiger partial charge in [-0.1, -0.05) is 6.92 Å². The van der Waals surface area contributed by atoms with E-state index in [0.29, 0.717) is 18.1 Å². The van der Waals surface area contributed by atoms with Gasteiger partial charge in [-0.05, 0) is 13.5 Å². The van der Waals surface area contributed by atoms with Crippen molar-refractivity contribution >= 4 is 10.0 Å². The molecule has 0 bridgehead atoms. The van der Waals surface area contributed by atoms with E-state index in [2.05, 4.69) is 5.32 Å². The fourth-order valence-electron chi connectivity index (χ4n) is 1.14. The minimum Gasteiger partial charge on any atom is -0.464 e. The lowest BCUT2D eigenvalue weighted by atomic mass is 10.4.